The zero-order chi connectivity index (χ0) is 14.0. The van der Waals surface area contributed by atoms with Crippen LogP contribution >= 0.6 is 0 Å². The molecule has 0 aromatic carbocycles. The fourth-order valence-corrected chi connectivity index (χ4v) is 2.52. The molecule has 19 heavy (non-hydrogen) atoms. The molecule has 6 nitrogen and oxygen atoms in total. The first-order valence-electron chi connectivity index (χ1n) is 6.67. The highest BCUT2D eigenvalue weighted by Gasteiger charge is 2.31. The number of nitrogens with one attached hydrogen (secondary N) is 1. The van der Waals surface area contributed by atoms with Gasteiger partial charge in [0, 0.05) is 12.1 Å². The van der Waals surface area contributed by atoms with Crippen LogP contribution in [0.1, 0.15) is 44.7 Å². The normalized spacial score (nSPS) is 22.7. The Hall–Kier alpha value is -1.85. The average Bonchev–Trinajstić information content (AvgIpc) is 2.76. The van der Waals surface area contributed by atoms with Crippen molar-refractivity contribution in [3.63, 3.8) is 0 Å². The van der Waals surface area contributed by atoms with Crippen molar-refractivity contribution < 1.29 is 4.79 Å². The van der Waals surface area contributed by atoms with Gasteiger partial charge in [-0.3, -0.25) is 4.79 Å². The predicted octanol–water partition coefficient (Wildman–Crippen LogP) is 1.25. The second-order valence-corrected chi connectivity index (χ2v) is 5.38. The Morgan fingerprint density at radius 1 is 1.42 bits per heavy atom. The summed E-state index contributed by atoms with van der Waals surface area (Å²) in [6.45, 7) is 4.10. The Morgan fingerprint density at radius 2 is 2.16 bits per heavy atom. The van der Waals surface area contributed by atoms with Crippen LogP contribution in [0, 0.1) is 5.92 Å². The Morgan fingerprint density at radius 3 is 2.79 bits per heavy atom. The number of hydrogen-bond donors (Lipinski definition) is 3. The summed E-state index contributed by atoms with van der Waals surface area (Å²) in [6, 6.07) is 1.93. The molecule has 0 unspecified atom stereocenters. The fraction of sp³-hybridized carbons (Fsp3) is 0.615. The summed E-state index contributed by atoms with van der Waals surface area (Å²) in [5, 5.41) is 3.28. The van der Waals surface area contributed by atoms with E-state index in [2.05, 4.69) is 15.3 Å². The molecule has 1 aliphatic carbocycles. The number of aromatic nitrogens is 2. The van der Waals surface area contributed by atoms with Gasteiger partial charge in [-0.1, -0.05) is 20.3 Å². The molecule has 1 aliphatic rings. The first-order valence-corrected chi connectivity index (χ1v) is 6.67. The highest BCUT2D eigenvalue weighted by Crippen LogP contribution is 2.28. The summed E-state index contributed by atoms with van der Waals surface area (Å²) in [7, 11) is 0. The molecule has 1 fully saturated rings. The van der Waals surface area contributed by atoms with E-state index in [0.29, 0.717) is 5.82 Å². The van der Waals surface area contributed by atoms with Gasteiger partial charge in [-0.05, 0) is 18.8 Å². The smallest absolute Gasteiger partial charge is 0.222 e. The molecule has 2 rings (SSSR count). The number of amides is 1. The van der Waals surface area contributed by atoms with Gasteiger partial charge in [0.2, 0.25) is 11.9 Å². The summed E-state index contributed by atoms with van der Waals surface area (Å²) in [6.07, 6.45) is 2.77. The second kappa shape index (κ2) is 5.42. The van der Waals surface area contributed by atoms with E-state index in [1.54, 1.807) is 0 Å². The van der Waals surface area contributed by atoms with Crippen molar-refractivity contribution >= 4 is 17.7 Å². The van der Waals surface area contributed by atoms with Gasteiger partial charge in [0.05, 0.1) is 11.6 Å². The van der Waals surface area contributed by atoms with Crippen LogP contribution in [0.2, 0.25) is 0 Å². The Labute approximate surface area is 113 Å². The van der Waals surface area contributed by atoms with E-state index < -0.39 is 0 Å². The molecule has 6 heteroatoms. The summed E-state index contributed by atoms with van der Waals surface area (Å²) in [4.78, 5) is 19.7. The van der Waals surface area contributed by atoms with Crippen LogP contribution in [0.25, 0.3) is 0 Å². The van der Waals surface area contributed by atoms with E-state index in [1.807, 2.05) is 19.9 Å². The molecule has 0 bridgehead atoms. The monoisotopic (exact) mass is 263 g/mol. The molecule has 1 aromatic rings. The maximum Gasteiger partial charge on any atom is 0.222 e. The van der Waals surface area contributed by atoms with E-state index in [-0.39, 0.29) is 29.7 Å². The summed E-state index contributed by atoms with van der Waals surface area (Å²) >= 11 is 0. The number of rotatable bonds is 4. The first kappa shape index (κ1) is 13.6. The van der Waals surface area contributed by atoms with Gasteiger partial charge in [-0.15, -0.1) is 0 Å². The molecule has 1 amide bonds. The number of carbonyl (C=O) groups excluding carboxylic acids is 1. The van der Waals surface area contributed by atoms with Gasteiger partial charge in [-0.2, -0.15) is 4.98 Å². The Balaban J connectivity index is 2.16. The molecular formula is C13H21N5O. The lowest BCUT2D eigenvalue weighted by molar-refractivity contribution is -0.121. The largest absolute Gasteiger partial charge is 0.369 e. The quantitative estimate of drug-likeness (QED) is 0.757. The van der Waals surface area contributed by atoms with Crippen molar-refractivity contribution in [3.05, 3.63) is 11.8 Å². The van der Waals surface area contributed by atoms with Crippen molar-refractivity contribution in [1.29, 1.82) is 0 Å². The average molecular weight is 263 g/mol. The van der Waals surface area contributed by atoms with Crippen molar-refractivity contribution in [2.45, 2.75) is 45.1 Å². The van der Waals surface area contributed by atoms with Gasteiger partial charge in [-0.25, -0.2) is 4.98 Å². The molecular weight excluding hydrogens is 242 g/mol. The number of primary amides is 1. The summed E-state index contributed by atoms with van der Waals surface area (Å²) in [5.74, 6) is 0.831. The molecule has 1 saturated carbocycles. The lowest BCUT2D eigenvalue weighted by atomic mass is 10.0. The number of nitrogen functional groups attached to an aromatic ring is 1. The highest BCUT2D eigenvalue weighted by atomic mass is 16.1. The van der Waals surface area contributed by atoms with Crippen LogP contribution in [0.5, 0.6) is 0 Å². The molecule has 0 saturated heterocycles. The number of nitrogens with two attached hydrogens (primary N) is 2. The maximum absolute atomic E-state index is 11.4. The van der Waals surface area contributed by atoms with Crippen LogP contribution in [0.15, 0.2) is 6.07 Å². The SMILES string of the molecule is CC(C)c1cc(N[C@@H]2CCC[C@@H]2C(N)=O)nc(N)n1. The van der Waals surface area contributed by atoms with Gasteiger partial charge in [0.15, 0.2) is 0 Å². The minimum absolute atomic E-state index is 0.0480. The molecule has 1 aromatic heterocycles. The first-order chi connectivity index (χ1) is 8.97. The Kier molecular flexibility index (Phi) is 3.87. The number of anilines is 2. The topological polar surface area (TPSA) is 107 Å². The minimum atomic E-state index is -0.249. The van der Waals surface area contributed by atoms with Crippen molar-refractivity contribution in [3.8, 4) is 0 Å². The zero-order valence-corrected chi connectivity index (χ0v) is 11.4. The van der Waals surface area contributed by atoms with Gasteiger partial charge in [0.1, 0.15) is 5.82 Å². The van der Waals surface area contributed by atoms with Crippen LogP contribution < -0.4 is 16.8 Å². The minimum Gasteiger partial charge on any atom is -0.369 e. The summed E-state index contributed by atoms with van der Waals surface area (Å²) in [5.41, 5.74) is 12.0. The fourth-order valence-electron chi connectivity index (χ4n) is 2.52. The number of hydrogen-bond acceptors (Lipinski definition) is 5. The van der Waals surface area contributed by atoms with E-state index in [9.17, 15) is 4.79 Å². The lowest BCUT2D eigenvalue weighted by Crippen LogP contribution is -2.34. The van der Waals surface area contributed by atoms with Gasteiger partial charge >= 0.3 is 0 Å². The molecule has 0 aliphatic heterocycles. The standard InChI is InChI=1S/C13H21N5O/c1-7(2)10-6-11(18-13(15)17-10)16-9-5-3-4-8(9)12(14)19/h6-9H,3-5H2,1-2H3,(H2,14,19)(H3,15,16,17,18)/t8-,9+/m0/s1. The molecule has 2 atom stereocenters. The van der Waals surface area contributed by atoms with E-state index in [4.69, 9.17) is 11.5 Å². The third-order valence-electron chi connectivity index (χ3n) is 3.57. The molecule has 0 spiro atoms. The van der Waals surface area contributed by atoms with Gasteiger partial charge in [0.25, 0.3) is 0 Å². The third kappa shape index (κ3) is 3.13. The van der Waals surface area contributed by atoms with E-state index in [0.717, 1.165) is 25.0 Å². The van der Waals surface area contributed by atoms with E-state index >= 15 is 0 Å². The molecule has 5 N–H and O–H groups in total. The molecule has 0 radical (unpaired) electrons. The predicted molar refractivity (Wildman–Crippen MR) is 74.5 cm³/mol. The Bertz CT molecular complexity index is 474. The lowest BCUT2D eigenvalue weighted by Gasteiger charge is -2.19. The van der Waals surface area contributed by atoms with Crippen molar-refractivity contribution in [1.82, 2.24) is 9.97 Å². The van der Waals surface area contributed by atoms with Crippen LogP contribution in [-0.4, -0.2) is 21.9 Å². The molecule has 104 valence electrons. The van der Waals surface area contributed by atoms with E-state index in [1.165, 1.54) is 0 Å². The van der Waals surface area contributed by atoms with Gasteiger partial charge < -0.3 is 16.8 Å². The van der Waals surface area contributed by atoms with Crippen LogP contribution in [-0.2, 0) is 4.79 Å². The number of nitrogens with zero attached hydrogens (tertiary/aromatic N) is 2. The van der Waals surface area contributed by atoms with Crippen molar-refractivity contribution in [2.75, 3.05) is 11.1 Å². The summed E-state index contributed by atoms with van der Waals surface area (Å²) < 4.78 is 0. The molecule has 1 heterocycles. The maximum atomic E-state index is 11.4. The van der Waals surface area contributed by atoms with Crippen LogP contribution in [0.3, 0.4) is 0 Å². The second-order valence-electron chi connectivity index (χ2n) is 5.38. The third-order valence-corrected chi connectivity index (χ3v) is 3.57. The number of carbonyl (C=O) groups is 1. The highest BCUT2D eigenvalue weighted by molar-refractivity contribution is 5.78. The van der Waals surface area contributed by atoms with Crippen molar-refractivity contribution in [2.24, 2.45) is 11.7 Å². The van der Waals surface area contributed by atoms with Crippen LogP contribution in [0.4, 0.5) is 11.8 Å². The zero-order valence-electron chi connectivity index (χ0n) is 11.4.